The van der Waals surface area contributed by atoms with Crippen LogP contribution in [0.2, 0.25) is 0 Å². The molecule has 2 atom stereocenters. The smallest absolute Gasteiger partial charge is 0.204 e. The van der Waals surface area contributed by atoms with Gasteiger partial charge in [-0.1, -0.05) is 12.8 Å². The summed E-state index contributed by atoms with van der Waals surface area (Å²) in [5.74, 6) is 3.41. The summed E-state index contributed by atoms with van der Waals surface area (Å²) in [5, 5.41) is 3.28. The summed E-state index contributed by atoms with van der Waals surface area (Å²) in [5.41, 5.74) is 0. The van der Waals surface area contributed by atoms with E-state index >= 15 is 0 Å². The first-order chi connectivity index (χ1) is 10.3. The molecule has 3 rings (SSSR count). The van der Waals surface area contributed by atoms with Crippen molar-refractivity contribution < 1.29 is 4.74 Å². The normalized spacial score (nSPS) is 25.3. The predicted molar refractivity (Wildman–Crippen MR) is 85.1 cm³/mol. The summed E-state index contributed by atoms with van der Waals surface area (Å²) in [6.45, 7) is 3.98. The summed E-state index contributed by atoms with van der Waals surface area (Å²) in [6, 6.07) is 0.630. The van der Waals surface area contributed by atoms with Gasteiger partial charge >= 0.3 is 0 Å². The number of piperidine rings is 1. The highest BCUT2D eigenvalue weighted by molar-refractivity contribution is 5.65. The molecule has 2 aliphatic rings. The van der Waals surface area contributed by atoms with Gasteiger partial charge in [0.2, 0.25) is 5.75 Å². The molecule has 0 amide bonds. The van der Waals surface area contributed by atoms with Crippen molar-refractivity contribution in [3.63, 3.8) is 0 Å². The van der Waals surface area contributed by atoms with Crippen molar-refractivity contribution in [1.29, 1.82) is 0 Å². The molecule has 1 aliphatic carbocycles. The van der Waals surface area contributed by atoms with Crippen LogP contribution in [0, 0.1) is 5.92 Å². The number of fused-ring (bicyclic) bond motifs is 1. The van der Waals surface area contributed by atoms with Gasteiger partial charge in [-0.2, -0.15) is 0 Å². The third-order valence-corrected chi connectivity index (χ3v) is 4.85. The lowest BCUT2D eigenvalue weighted by atomic mass is 9.78. The molecule has 0 aromatic carbocycles. The first-order valence-electron chi connectivity index (χ1n) is 8.24. The first-order valence-corrected chi connectivity index (χ1v) is 8.24. The number of aromatic nitrogens is 2. The molecule has 0 spiro atoms. The molecule has 2 heterocycles. The largest absolute Gasteiger partial charge is 0.490 e. The Bertz CT molecular complexity index is 477. The van der Waals surface area contributed by atoms with Gasteiger partial charge in [0.1, 0.15) is 6.33 Å². The summed E-state index contributed by atoms with van der Waals surface area (Å²) >= 11 is 0. The Balaban J connectivity index is 1.92. The highest BCUT2D eigenvalue weighted by Gasteiger charge is 2.35. The van der Waals surface area contributed by atoms with Crippen molar-refractivity contribution in [3.05, 3.63) is 6.33 Å². The third kappa shape index (κ3) is 2.78. The van der Waals surface area contributed by atoms with Crippen LogP contribution < -0.4 is 15.0 Å². The van der Waals surface area contributed by atoms with Crippen LogP contribution in [0.4, 0.5) is 11.6 Å². The van der Waals surface area contributed by atoms with E-state index in [1.54, 1.807) is 13.4 Å². The molecule has 5 heteroatoms. The number of rotatable bonds is 4. The minimum atomic E-state index is 0.630. The second-order valence-electron chi connectivity index (χ2n) is 6.06. The molecular weight excluding hydrogens is 264 g/mol. The lowest BCUT2D eigenvalue weighted by molar-refractivity contribution is 0.241. The standard InChI is InChI=1S/C16H26N4O/c1-3-17-15-14(21-2)16(19-11-18-15)20-10-6-8-12-7-4-5-9-13(12)20/h11-13H,3-10H2,1-2H3,(H,17,18,19). The second kappa shape index (κ2) is 6.50. The first kappa shape index (κ1) is 14.4. The van der Waals surface area contributed by atoms with Gasteiger partial charge in [0.15, 0.2) is 11.6 Å². The molecule has 5 nitrogen and oxygen atoms in total. The average molecular weight is 290 g/mol. The van der Waals surface area contributed by atoms with Crippen LogP contribution in [0.25, 0.3) is 0 Å². The zero-order valence-corrected chi connectivity index (χ0v) is 13.1. The van der Waals surface area contributed by atoms with Crippen molar-refractivity contribution in [2.75, 3.05) is 30.4 Å². The number of ether oxygens (including phenoxy) is 1. The topological polar surface area (TPSA) is 50.3 Å². The molecule has 1 aliphatic heterocycles. The summed E-state index contributed by atoms with van der Waals surface area (Å²) in [6.07, 6.45) is 9.66. The lowest BCUT2D eigenvalue weighted by Crippen LogP contribution is -2.47. The molecule has 1 aromatic heterocycles. The quantitative estimate of drug-likeness (QED) is 0.923. The van der Waals surface area contributed by atoms with E-state index < -0.39 is 0 Å². The maximum Gasteiger partial charge on any atom is 0.204 e. The summed E-state index contributed by atoms with van der Waals surface area (Å²) in [7, 11) is 1.71. The van der Waals surface area contributed by atoms with Gasteiger partial charge in [-0.3, -0.25) is 0 Å². The maximum atomic E-state index is 5.63. The van der Waals surface area contributed by atoms with Crippen molar-refractivity contribution in [2.45, 2.75) is 51.5 Å². The maximum absolute atomic E-state index is 5.63. The Labute approximate surface area is 127 Å². The third-order valence-electron chi connectivity index (χ3n) is 4.85. The fraction of sp³-hybridized carbons (Fsp3) is 0.750. The van der Waals surface area contributed by atoms with Gasteiger partial charge in [-0.25, -0.2) is 9.97 Å². The number of nitrogens with one attached hydrogen (secondary N) is 1. The van der Waals surface area contributed by atoms with E-state index in [4.69, 9.17) is 4.74 Å². The minimum Gasteiger partial charge on any atom is -0.490 e. The van der Waals surface area contributed by atoms with E-state index in [9.17, 15) is 0 Å². The van der Waals surface area contributed by atoms with Crippen LogP contribution in [0.5, 0.6) is 5.75 Å². The molecule has 1 saturated heterocycles. The minimum absolute atomic E-state index is 0.630. The average Bonchev–Trinajstić information content (AvgIpc) is 2.54. The van der Waals surface area contributed by atoms with Gasteiger partial charge in [-0.15, -0.1) is 0 Å². The lowest BCUT2D eigenvalue weighted by Gasteiger charge is -2.45. The SMILES string of the molecule is CCNc1ncnc(N2CCCC3CCCCC32)c1OC. The van der Waals surface area contributed by atoms with Crippen LogP contribution >= 0.6 is 0 Å². The van der Waals surface area contributed by atoms with Crippen molar-refractivity contribution >= 4 is 11.6 Å². The van der Waals surface area contributed by atoms with Crippen LogP contribution in [-0.4, -0.2) is 36.2 Å². The Morgan fingerprint density at radius 1 is 1.24 bits per heavy atom. The second-order valence-corrected chi connectivity index (χ2v) is 6.06. The van der Waals surface area contributed by atoms with Gasteiger partial charge in [-0.05, 0) is 38.5 Å². The zero-order valence-electron chi connectivity index (χ0n) is 13.1. The Morgan fingerprint density at radius 3 is 2.86 bits per heavy atom. The fourth-order valence-corrected chi connectivity index (χ4v) is 3.94. The molecule has 0 radical (unpaired) electrons. The van der Waals surface area contributed by atoms with E-state index in [2.05, 4.69) is 27.1 Å². The van der Waals surface area contributed by atoms with Gasteiger partial charge in [0.25, 0.3) is 0 Å². The van der Waals surface area contributed by atoms with Crippen LogP contribution in [-0.2, 0) is 0 Å². The van der Waals surface area contributed by atoms with Gasteiger partial charge < -0.3 is 15.0 Å². The van der Waals surface area contributed by atoms with Crippen molar-refractivity contribution in [3.8, 4) is 5.75 Å². The van der Waals surface area contributed by atoms with Gasteiger partial charge in [0, 0.05) is 19.1 Å². The molecule has 2 unspecified atom stereocenters. The zero-order chi connectivity index (χ0) is 14.7. The molecule has 0 bridgehead atoms. The molecule has 1 saturated carbocycles. The monoisotopic (exact) mass is 290 g/mol. The van der Waals surface area contributed by atoms with E-state index in [0.717, 1.165) is 36.4 Å². The van der Waals surface area contributed by atoms with Crippen LogP contribution in [0.3, 0.4) is 0 Å². The molecule has 1 N–H and O–H groups in total. The number of hydrogen-bond acceptors (Lipinski definition) is 5. The van der Waals surface area contributed by atoms with E-state index in [-0.39, 0.29) is 0 Å². The number of hydrogen-bond donors (Lipinski definition) is 1. The van der Waals surface area contributed by atoms with Crippen molar-refractivity contribution in [2.24, 2.45) is 5.92 Å². The Kier molecular flexibility index (Phi) is 4.46. The molecule has 116 valence electrons. The Morgan fingerprint density at radius 2 is 2.05 bits per heavy atom. The predicted octanol–water partition coefficient (Wildman–Crippen LogP) is 3.08. The highest BCUT2D eigenvalue weighted by atomic mass is 16.5. The molecule has 21 heavy (non-hydrogen) atoms. The highest BCUT2D eigenvalue weighted by Crippen LogP contribution is 2.41. The van der Waals surface area contributed by atoms with E-state index in [0.29, 0.717) is 6.04 Å². The summed E-state index contributed by atoms with van der Waals surface area (Å²) < 4.78 is 5.63. The number of anilines is 2. The summed E-state index contributed by atoms with van der Waals surface area (Å²) in [4.78, 5) is 11.4. The molecular formula is C16H26N4O. The molecule has 1 aromatic rings. The number of methoxy groups -OCH3 is 1. The van der Waals surface area contributed by atoms with E-state index in [1.165, 1.54) is 38.5 Å². The fourth-order valence-electron chi connectivity index (χ4n) is 3.94. The number of nitrogens with zero attached hydrogens (tertiary/aromatic N) is 3. The van der Waals surface area contributed by atoms with Crippen LogP contribution in [0.1, 0.15) is 45.4 Å². The van der Waals surface area contributed by atoms with Crippen LogP contribution in [0.15, 0.2) is 6.33 Å². The van der Waals surface area contributed by atoms with Crippen molar-refractivity contribution in [1.82, 2.24) is 9.97 Å². The Hall–Kier alpha value is -1.52. The van der Waals surface area contributed by atoms with Gasteiger partial charge in [0.05, 0.1) is 7.11 Å². The molecule has 2 fully saturated rings. The van der Waals surface area contributed by atoms with E-state index in [1.807, 2.05) is 0 Å².